The summed E-state index contributed by atoms with van der Waals surface area (Å²) in [6, 6.07) is 9.48. The Kier molecular flexibility index (Phi) is 4.79. The monoisotopic (exact) mass is 276 g/mol. The summed E-state index contributed by atoms with van der Waals surface area (Å²) in [5.74, 6) is -0.0470. The van der Waals surface area contributed by atoms with E-state index in [1.54, 1.807) is 19.9 Å². The molecule has 0 bridgehead atoms. The predicted octanol–water partition coefficient (Wildman–Crippen LogP) is 3.23. The Labute approximate surface area is 119 Å². The molecule has 0 spiro atoms. The second-order valence-electron chi connectivity index (χ2n) is 5.21. The number of rotatable bonds is 4. The van der Waals surface area contributed by atoms with Crippen molar-refractivity contribution < 1.29 is 19.4 Å². The molecule has 0 heterocycles. The molecule has 1 aromatic rings. The lowest BCUT2D eigenvalue weighted by atomic mass is 9.95. The first kappa shape index (κ1) is 14.6. The third kappa shape index (κ3) is 3.84. The molecule has 0 aromatic heterocycles. The molecule has 0 unspecified atom stereocenters. The van der Waals surface area contributed by atoms with E-state index >= 15 is 0 Å². The van der Waals surface area contributed by atoms with Crippen molar-refractivity contribution in [2.24, 2.45) is 5.92 Å². The van der Waals surface area contributed by atoms with Gasteiger partial charge in [0.1, 0.15) is 6.10 Å². The third-order valence-electron chi connectivity index (χ3n) is 3.20. The van der Waals surface area contributed by atoms with Gasteiger partial charge in [-0.3, -0.25) is 0 Å². The van der Waals surface area contributed by atoms with Gasteiger partial charge in [0.05, 0.1) is 12.2 Å². The summed E-state index contributed by atoms with van der Waals surface area (Å²) in [5, 5.41) is 10.3. The number of hydrogen-bond donors (Lipinski definition) is 1. The molecule has 0 amide bonds. The average molecular weight is 276 g/mol. The maximum atomic E-state index is 11.4. The van der Waals surface area contributed by atoms with Crippen molar-refractivity contribution in [3.63, 3.8) is 0 Å². The molecule has 1 aromatic carbocycles. The van der Waals surface area contributed by atoms with Gasteiger partial charge in [0.15, 0.2) is 0 Å². The fourth-order valence-corrected chi connectivity index (χ4v) is 2.25. The number of aliphatic hydroxyl groups excluding tert-OH is 1. The molecule has 4 heteroatoms. The molecule has 1 N–H and O–H groups in total. The Morgan fingerprint density at radius 1 is 1.25 bits per heavy atom. The van der Waals surface area contributed by atoms with Crippen molar-refractivity contribution in [3.05, 3.63) is 48.0 Å². The van der Waals surface area contributed by atoms with Crippen molar-refractivity contribution >= 4 is 6.16 Å². The molecular formula is C16H20O4. The summed E-state index contributed by atoms with van der Waals surface area (Å²) in [5.41, 5.74) is 0.868. The van der Waals surface area contributed by atoms with Gasteiger partial charge in [-0.05, 0) is 31.9 Å². The zero-order valence-electron chi connectivity index (χ0n) is 11.7. The highest BCUT2D eigenvalue weighted by Crippen LogP contribution is 2.32. The molecule has 1 aliphatic rings. The number of ether oxygens (including phenoxy) is 2. The summed E-state index contributed by atoms with van der Waals surface area (Å²) in [6.45, 7) is 3.54. The number of aliphatic hydroxyl groups is 1. The highest BCUT2D eigenvalue weighted by atomic mass is 16.7. The van der Waals surface area contributed by atoms with Crippen LogP contribution in [0.4, 0.5) is 4.79 Å². The maximum absolute atomic E-state index is 11.4. The highest BCUT2D eigenvalue weighted by molar-refractivity contribution is 5.60. The fraction of sp³-hybridized carbons (Fsp3) is 0.438. The Balaban J connectivity index is 1.87. The molecule has 108 valence electrons. The molecule has 4 nitrogen and oxygen atoms in total. The van der Waals surface area contributed by atoms with E-state index in [9.17, 15) is 9.90 Å². The first-order valence-corrected chi connectivity index (χ1v) is 6.85. The van der Waals surface area contributed by atoms with Gasteiger partial charge in [0.25, 0.3) is 0 Å². The summed E-state index contributed by atoms with van der Waals surface area (Å²) in [6.07, 6.45) is 2.50. The smallest absolute Gasteiger partial charge is 0.432 e. The quantitative estimate of drug-likeness (QED) is 0.677. The van der Waals surface area contributed by atoms with E-state index in [2.05, 4.69) is 0 Å². The van der Waals surface area contributed by atoms with Crippen LogP contribution in [-0.2, 0) is 9.47 Å². The Hall–Kier alpha value is -1.81. The van der Waals surface area contributed by atoms with Gasteiger partial charge in [-0.25, -0.2) is 4.79 Å². The average Bonchev–Trinajstić information content (AvgIpc) is 2.86. The molecule has 2 rings (SSSR count). The Bertz CT molecular complexity index is 467. The molecule has 0 radical (unpaired) electrons. The van der Waals surface area contributed by atoms with Crippen molar-refractivity contribution in [2.75, 3.05) is 0 Å². The zero-order chi connectivity index (χ0) is 14.5. The minimum absolute atomic E-state index is 0.0470. The molecule has 0 aliphatic heterocycles. The van der Waals surface area contributed by atoms with Crippen molar-refractivity contribution in [1.82, 2.24) is 0 Å². The van der Waals surface area contributed by atoms with E-state index in [0.29, 0.717) is 6.42 Å². The van der Waals surface area contributed by atoms with Crippen LogP contribution in [0.3, 0.4) is 0 Å². The number of benzene rings is 1. The minimum atomic E-state index is -0.662. The van der Waals surface area contributed by atoms with E-state index in [4.69, 9.17) is 9.47 Å². The number of hydrogen-bond acceptors (Lipinski definition) is 4. The summed E-state index contributed by atoms with van der Waals surface area (Å²) in [7, 11) is 0. The van der Waals surface area contributed by atoms with Gasteiger partial charge < -0.3 is 14.6 Å². The van der Waals surface area contributed by atoms with E-state index < -0.39 is 12.3 Å². The van der Waals surface area contributed by atoms with Crippen LogP contribution in [0, 0.1) is 5.92 Å². The predicted molar refractivity (Wildman–Crippen MR) is 75.1 cm³/mol. The highest BCUT2D eigenvalue weighted by Gasteiger charge is 2.28. The fourth-order valence-electron chi connectivity index (χ4n) is 2.25. The summed E-state index contributed by atoms with van der Waals surface area (Å²) >= 11 is 0. The lowest BCUT2D eigenvalue weighted by Crippen LogP contribution is -2.20. The van der Waals surface area contributed by atoms with Gasteiger partial charge in [-0.2, -0.15) is 0 Å². The topological polar surface area (TPSA) is 55.8 Å². The third-order valence-corrected chi connectivity index (χ3v) is 3.20. The van der Waals surface area contributed by atoms with Crippen molar-refractivity contribution in [3.8, 4) is 0 Å². The standard InChI is InChI=1S/C16H20O4/c1-11(2)19-16(18)20-14-9-8-13(10-14)15(17)12-6-4-3-5-7-12/h3-9,11,13-15,17H,10H2,1-2H3/t13-,14-,15+/m0/s1. The van der Waals surface area contributed by atoms with Crippen LogP contribution in [0.5, 0.6) is 0 Å². The van der Waals surface area contributed by atoms with E-state index in [0.717, 1.165) is 5.56 Å². The van der Waals surface area contributed by atoms with Gasteiger partial charge in [-0.1, -0.05) is 36.4 Å². The van der Waals surface area contributed by atoms with Crippen molar-refractivity contribution in [1.29, 1.82) is 0 Å². The SMILES string of the molecule is CC(C)OC(=O)O[C@H]1C=C[C@H]([C@H](O)c2ccccc2)C1. The minimum Gasteiger partial charge on any atom is -0.432 e. The van der Waals surface area contributed by atoms with Gasteiger partial charge in [-0.15, -0.1) is 0 Å². The molecule has 0 saturated heterocycles. The van der Waals surface area contributed by atoms with Crippen LogP contribution in [0.15, 0.2) is 42.5 Å². The maximum Gasteiger partial charge on any atom is 0.509 e. The van der Waals surface area contributed by atoms with Crippen LogP contribution in [0.25, 0.3) is 0 Å². The van der Waals surface area contributed by atoms with Gasteiger partial charge in [0.2, 0.25) is 0 Å². The van der Waals surface area contributed by atoms with E-state index in [1.807, 2.05) is 36.4 Å². The van der Waals surface area contributed by atoms with Crippen LogP contribution < -0.4 is 0 Å². The van der Waals surface area contributed by atoms with Gasteiger partial charge >= 0.3 is 6.16 Å². The normalized spacial score (nSPS) is 22.8. The number of carbonyl (C=O) groups excluding carboxylic acids is 1. The summed E-state index contributed by atoms with van der Waals surface area (Å²) < 4.78 is 10.1. The van der Waals surface area contributed by atoms with Crippen LogP contribution in [0.1, 0.15) is 31.9 Å². The summed E-state index contributed by atoms with van der Waals surface area (Å²) in [4.78, 5) is 11.4. The molecule has 0 fully saturated rings. The lowest BCUT2D eigenvalue weighted by molar-refractivity contribution is 0.0126. The molecule has 3 atom stereocenters. The van der Waals surface area contributed by atoms with Gasteiger partial charge in [0, 0.05) is 5.92 Å². The molecule has 0 saturated carbocycles. The Morgan fingerprint density at radius 2 is 1.95 bits per heavy atom. The first-order chi connectivity index (χ1) is 9.56. The largest absolute Gasteiger partial charge is 0.509 e. The zero-order valence-corrected chi connectivity index (χ0v) is 11.7. The van der Waals surface area contributed by atoms with E-state index in [-0.39, 0.29) is 18.1 Å². The van der Waals surface area contributed by atoms with E-state index in [1.165, 1.54) is 0 Å². The van der Waals surface area contributed by atoms with Crippen LogP contribution >= 0.6 is 0 Å². The first-order valence-electron chi connectivity index (χ1n) is 6.85. The molecule has 1 aliphatic carbocycles. The van der Waals surface area contributed by atoms with Crippen LogP contribution in [-0.4, -0.2) is 23.5 Å². The molecular weight excluding hydrogens is 256 g/mol. The second-order valence-corrected chi connectivity index (χ2v) is 5.21. The lowest BCUT2D eigenvalue weighted by Gasteiger charge is -2.19. The number of carbonyl (C=O) groups is 1. The second kappa shape index (κ2) is 6.57. The van der Waals surface area contributed by atoms with Crippen molar-refractivity contribution in [2.45, 2.75) is 38.6 Å². The Morgan fingerprint density at radius 3 is 2.60 bits per heavy atom. The molecule has 20 heavy (non-hydrogen) atoms. The van der Waals surface area contributed by atoms with Crippen LogP contribution in [0.2, 0.25) is 0 Å².